The molecule has 0 radical (unpaired) electrons. The summed E-state index contributed by atoms with van der Waals surface area (Å²) in [7, 11) is 0. The average Bonchev–Trinajstić information content (AvgIpc) is 2.80. The summed E-state index contributed by atoms with van der Waals surface area (Å²) in [6, 6.07) is 29.1. The number of benzene rings is 3. The minimum Gasteiger partial charge on any atom is -0.294 e. The molecule has 0 bridgehead atoms. The van der Waals surface area contributed by atoms with Gasteiger partial charge in [0.1, 0.15) is 12.1 Å². The van der Waals surface area contributed by atoms with Crippen molar-refractivity contribution < 1.29 is 0 Å². The number of anilines is 3. The number of rotatable bonds is 2. The van der Waals surface area contributed by atoms with Crippen LogP contribution in [-0.4, -0.2) is 15.0 Å². The summed E-state index contributed by atoms with van der Waals surface area (Å²) in [6.45, 7) is 0. The number of aromatic nitrogens is 3. The van der Waals surface area contributed by atoms with Crippen molar-refractivity contribution in [3.63, 3.8) is 0 Å². The van der Waals surface area contributed by atoms with E-state index in [1.807, 2.05) is 30.5 Å². The van der Waals surface area contributed by atoms with Crippen LogP contribution in [0.1, 0.15) is 0 Å². The highest BCUT2D eigenvalue weighted by Crippen LogP contribution is 2.50. The third kappa shape index (κ3) is 2.43. The summed E-state index contributed by atoms with van der Waals surface area (Å²) in [6.07, 6.45) is 3.47. The van der Waals surface area contributed by atoms with Gasteiger partial charge in [0.15, 0.2) is 0 Å². The van der Waals surface area contributed by atoms with Crippen molar-refractivity contribution in [1.29, 1.82) is 0 Å². The highest BCUT2D eigenvalue weighted by Gasteiger charge is 2.27. The van der Waals surface area contributed by atoms with Crippen molar-refractivity contribution in [3.05, 3.63) is 97.5 Å². The number of fused-ring (bicyclic) bond motifs is 2. The lowest BCUT2D eigenvalue weighted by Gasteiger charge is -2.32. The Morgan fingerprint density at radius 2 is 1.48 bits per heavy atom. The Morgan fingerprint density at radius 1 is 0.655 bits per heavy atom. The molecule has 136 valence electrons. The Hall–Kier alpha value is -4.05. The molecule has 0 atom stereocenters. The Bertz CT molecular complexity index is 1350. The monoisotopic (exact) mass is 372 g/mol. The SMILES string of the molecule is c1ccc(N2c3ccccc3-c3cc(-c4ccccn4)cc4ncnc2c34)cc1. The Balaban J connectivity index is 1.71. The summed E-state index contributed by atoms with van der Waals surface area (Å²) < 4.78 is 0. The van der Waals surface area contributed by atoms with Crippen molar-refractivity contribution in [2.45, 2.75) is 0 Å². The number of hydrogen-bond donors (Lipinski definition) is 0. The Labute approximate surface area is 168 Å². The number of pyridine rings is 1. The van der Waals surface area contributed by atoms with Gasteiger partial charge >= 0.3 is 0 Å². The van der Waals surface area contributed by atoms with Crippen molar-refractivity contribution >= 4 is 28.1 Å². The molecular weight excluding hydrogens is 356 g/mol. The molecule has 5 aromatic rings. The van der Waals surface area contributed by atoms with Gasteiger partial charge < -0.3 is 0 Å². The van der Waals surface area contributed by atoms with Crippen LogP contribution in [0.2, 0.25) is 0 Å². The fourth-order valence-electron chi connectivity index (χ4n) is 4.09. The van der Waals surface area contributed by atoms with E-state index in [-0.39, 0.29) is 0 Å². The van der Waals surface area contributed by atoms with Crippen molar-refractivity contribution in [2.75, 3.05) is 4.90 Å². The van der Waals surface area contributed by atoms with Gasteiger partial charge in [-0.1, -0.05) is 42.5 Å². The molecule has 6 rings (SSSR count). The lowest BCUT2D eigenvalue weighted by atomic mass is 9.92. The van der Waals surface area contributed by atoms with Gasteiger partial charge in [0, 0.05) is 23.0 Å². The van der Waals surface area contributed by atoms with Crippen molar-refractivity contribution in [1.82, 2.24) is 15.0 Å². The number of para-hydroxylation sites is 2. The van der Waals surface area contributed by atoms with Crippen LogP contribution in [0.3, 0.4) is 0 Å². The molecular formula is C25H16N4. The summed E-state index contributed by atoms with van der Waals surface area (Å²) in [5, 5.41) is 1.06. The van der Waals surface area contributed by atoms with Gasteiger partial charge in [-0.05, 0) is 48.0 Å². The van der Waals surface area contributed by atoms with Gasteiger partial charge in [-0.15, -0.1) is 0 Å². The van der Waals surface area contributed by atoms with Crippen LogP contribution in [0.25, 0.3) is 33.3 Å². The molecule has 0 N–H and O–H groups in total. The highest BCUT2D eigenvalue weighted by atomic mass is 15.2. The molecule has 0 unspecified atom stereocenters. The van der Waals surface area contributed by atoms with Crippen LogP contribution < -0.4 is 4.90 Å². The first-order chi connectivity index (χ1) is 14.4. The molecule has 29 heavy (non-hydrogen) atoms. The van der Waals surface area contributed by atoms with E-state index in [1.165, 1.54) is 5.56 Å². The van der Waals surface area contributed by atoms with Crippen LogP contribution in [0.4, 0.5) is 17.2 Å². The Morgan fingerprint density at radius 3 is 2.34 bits per heavy atom. The standard InChI is InChI=1S/C25H16N4/c1-2-8-18(9-3-1)29-23-12-5-4-10-19(23)20-14-17(21-11-6-7-13-26-21)15-22-24(20)25(29)28-16-27-22/h1-16H. The van der Waals surface area contributed by atoms with Gasteiger partial charge in [0.25, 0.3) is 0 Å². The smallest absolute Gasteiger partial charge is 0.149 e. The first-order valence-corrected chi connectivity index (χ1v) is 9.55. The van der Waals surface area contributed by atoms with E-state index >= 15 is 0 Å². The molecule has 0 saturated carbocycles. The van der Waals surface area contributed by atoms with E-state index in [4.69, 9.17) is 4.98 Å². The van der Waals surface area contributed by atoms with Gasteiger partial charge in [-0.25, -0.2) is 9.97 Å². The second-order valence-electron chi connectivity index (χ2n) is 7.02. The lowest BCUT2D eigenvalue weighted by Crippen LogP contribution is -2.16. The summed E-state index contributed by atoms with van der Waals surface area (Å²) in [5.41, 5.74) is 7.42. The maximum atomic E-state index is 4.70. The minimum absolute atomic E-state index is 0.905. The molecule has 4 heteroatoms. The molecule has 0 amide bonds. The molecule has 1 aliphatic rings. The maximum absolute atomic E-state index is 4.70. The molecule has 2 aromatic heterocycles. The average molecular weight is 372 g/mol. The third-order valence-corrected chi connectivity index (χ3v) is 5.34. The van der Waals surface area contributed by atoms with E-state index in [9.17, 15) is 0 Å². The second-order valence-corrected chi connectivity index (χ2v) is 7.02. The van der Waals surface area contributed by atoms with E-state index in [0.717, 1.165) is 44.9 Å². The van der Waals surface area contributed by atoms with E-state index in [2.05, 4.69) is 75.5 Å². The van der Waals surface area contributed by atoms with Crippen LogP contribution in [0.5, 0.6) is 0 Å². The molecule has 1 aliphatic heterocycles. The topological polar surface area (TPSA) is 41.9 Å². The zero-order valence-electron chi connectivity index (χ0n) is 15.5. The molecule has 4 nitrogen and oxygen atoms in total. The molecule has 0 saturated heterocycles. The van der Waals surface area contributed by atoms with Crippen LogP contribution in [0, 0.1) is 0 Å². The largest absolute Gasteiger partial charge is 0.294 e. The molecule has 0 spiro atoms. The van der Waals surface area contributed by atoms with Crippen molar-refractivity contribution in [2.24, 2.45) is 0 Å². The van der Waals surface area contributed by atoms with E-state index < -0.39 is 0 Å². The second kappa shape index (κ2) is 6.24. The quantitative estimate of drug-likeness (QED) is 0.366. The van der Waals surface area contributed by atoms with E-state index in [1.54, 1.807) is 6.33 Å². The van der Waals surface area contributed by atoms with E-state index in [0.29, 0.717) is 0 Å². The zero-order chi connectivity index (χ0) is 19.2. The maximum Gasteiger partial charge on any atom is 0.149 e. The predicted octanol–water partition coefficient (Wildman–Crippen LogP) is 6.14. The van der Waals surface area contributed by atoms with Crippen LogP contribution in [0.15, 0.2) is 97.5 Å². The first-order valence-electron chi connectivity index (χ1n) is 9.55. The lowest BCUT2D eigenvalue weighted by molar-refractivity contribution is 1.14. The summed E-state index contributed by atoms with van der Waals surface area (Å²) in [5.74, 6) is 0.905. The van der Waals surface area contributed by atoms with Crippen molar-refractivity contribution in [3.8, 4) is 22.4 Å². The molecule has 0 fully saturated rings. The summed E-state index contributed by atoms with van der Waals surface area (Å²) in [4.78, 5) is 16.1. The summed E-state index contributed by atoms with van der Waals surface area (Å²) >= 11 is 0. The van der Waals surface area contributed by atoms with Gasteiger partial charge in [-0.3, -0.25) is 9.88 Å². The fourth-order valence-corrected chi connectivity index (χ4v) is 4.09. The number of nitrogens with zero attached hydrogens (tertiary/aromatic N) is 4. The zero-order valence-corrected chi connectivity index (χ0v) is 15.5. The molecule has 3 heterocycles. The predicted molar refractivity (Wildman–Crippen MR) is 116 cm³/mol. The molecule has 0 aliphatic carbocycles. The van der Waals surface area contributed by atoms with Gasteiger partial charge in [0.2, 0.25) is 0 Å². The van der Waals surface area contributed by atoms with Gasteiger partial charge in [0.05, 0.1) is 22.3 Å². The van der Waals surface area contributed by atoms with Crippen LogP contribution >= 0.6 is 0 Å². The molecule has 3 aromatic carbocycles. The fraction of sp³-hybridized carbons (Fsp3) is 0. The third-order valence-electron chi connectivity index (χ3n) is 5.34. The normalized spacial score (nSPS) is 12.1. The van der Waals surface area contributed by atoms with Gasteiger partial charge in [-0.2, -0.15) is 0 Å². The number of hydrogen-bond acceptors (Lipinski definition) is 4. The Kier molecular flexibility index (Phi) is 3.43. The highest BCUT2D eigenvalue weighted by molar-refractivity contribution is 6.12. The minimum atomic E-state index is 0.905. The van der Waals surface area contributed by atoms with Crippen LogP contribution in [-0.2, 0) is 0 Å². The first kappa shape index (κ1) is 16.0.